The van der Waals surface area contributed by atoms with E-state index in [9.17, 15) is 9.50 Å². The summed E-state index contributed by atoms with van der Waals surface area (Å²) in [5, 5.41) is 10.4. The molecule has 0 fully saturated rings. The highest BCUT2D eigenvalue weighted by Gasteiger charge is 2.33. The van der Waals surface area contributed by atoms with Gasteiger partial charge in [0.1, 0.15) is 5.82 Å². The smallest absolute Gasteiger partial charge is 0.149 e. The van der Waals surface area contributed by atoms with Gasteiger partial charge in [-0.25, -0.2) is 4.39 Å². The Morgan fingerprint density at radius 2 is 2.12 bits per heavy atom. The second-order valence-electron chi connectivity index (χ2n) is 4.18. The van der Waals surface area contributed by atoms with Crippen LogP contribution in [0.3, 0.4) is 0 Å². The lowest BCUT2D eigenvalue weighted by molar-refractivity contribution is -0.00314. The highest BCUT2D eigenvalue weighted by Crippen LogP contribution is 2.37. The first-order valence-electron chi connectivity index (χ1n) is 5.18. The quantitative estimate of drug-likeness (QED) is 0.815. The summed E-state index contributed by atoms with van der Waals surface area (Å²) in [7, 11) is 0. The van der Waals surface area contributed by atoms with Crippen LogP contribution in [0.2, 0.25) is 5.02 Å². The zero-order valence-corrected chi connectivity index (χ0v) is 11.9. The number of rotatable bonds is 3. The Balaban J connectivity index is 3.29. The Kier molecular flexibility index (Phi) is 4.38. The van der Waals surface area contributed by atoms with Gasteiger partial charge in [-0.3, -0.25) is 0 Å². The van der Waals surface area contributed by atoms with Crippen LogP contribution in [0.4, 0.5) is 4.39 Å². The van der Waals surface area contributed by atoms with Gasteiger partial charge >= 0.3 is 0 Å². The fraction of sp³-hybridized carbons (Fsp3) is 0.500. The van der Waals surface area contributed by atoms with Crippen LogP contribution in [0.1, 0.15) is 32.8 Å². The van der Waals surface area contributed by atoms with E-state index in [0.717, 1.165) is 6.42 Å². The largest absolute Gasteiger partial charge is 0.385 e. The van der Waals surface area contributed by atoms with E-state index in [2.05, 4.69) is 15.9 Å². The fourth-order valence-corrected chi connectivity index (χ4v) is 2.05. The summed E-state index contributed by atoms with van der Waals surface area (Å²) in [6, 6.07) is 3.22. The average molecular weight is 310 g/mol. The lowest BCUT2D eigenvalue weighted by Gasteiger charge is -2.30. The van der Waals surface area contributed by atoms with Crippen molar-refractivity contribution in [1.29, 1.82) is 0 Å². The Hall–Kier alpha value is -0.120. The molecule has 0 amide bonds. The highest BCUT2D eigenvalue weighted by atomic mass is 79.9. The van der Waals surface area contributed by atoms with Gasteiger partial charge in [0.15, 0.2) is 0 Å². The van der Waals surface area contributed by atoms with E-state index in [0.29, 0.717) is 4.47 Å². The Labute approximate surface area is 109 Å². The SMILES string of the molecule is CCC(C)C(C)(O)c1ccc(Br)c(Cl)c1F. The monoisotopic (exact) mass is 308 g/mol. The number of hydrogen-bond donors (Lipinski definition) is 1. The van der Waals surface area contributed by atoms with Gasteiger partial charge in [-0.05, 0) is 34.8 Å². The van der Waals surface area contributed by atoms with Crippen molar-refractivity contribution in [3.8, 4) is 0 Å². The van der Waals surface area contributed by atoms with E-state index in [-0.39, 0.29) is 16.5 Å². The van der Waals surface area contributed by atoms with Crippen LogP contribution in [-0.2, 0) is 5.60 Å². The van der Waals surface area contributed by atoms with Crippen LogP contribution in [0.15, 0.2) is 16.6 Å². The molecular weight excluding hydrogens is 294 g/mol. The maximum absolute atomic E-state index is 13.9. The normalized spacial score (nSPS) is 16.9. The van der Waals surface area contributed by atoms with Gasteiger partial charge in [0.2, 0.25) is 0 Å². The van der Waals surface area contributed by atoms with Gasteiger partial charge in [-0.1, -0.05) is 37.9 Å². The summed E-state index contributed by atoms with van der Waals surface area (Å²) in [5.74, 6) is -0.597. The molecule has 4 heteroatoms. The van der Waals surface area contributed by atoms with Crippen LogP contribution < -0.4 is 0 Å². The molecule has 0 aliphatic carbocycles. The van der Waals surface area contributed by atoms with Crippen molar-refractivity contribution in [3.05, 3.63) is 33.0 Å². The van der Waals surface area contributed by atoms with Gasteiger partial charge < -0.3 is 5.11 Å². The van der Waals surface area contributed by atoms with Gasteiger partial charge in [-0.2, -0.15) is 0 Å². The van der Waals surface area contributed by atoms with Gasteiger partial charge in [0, 0.05) is 10.0 Å². The van der Waals surface area contributed by atoms with Gasteiger partial charge in [-0.15, -0.1) is 0 Å². The molecule has 0 aliphatic heterocycles. The number of aliphatic hydroxyl groups is 1. The minimum absolute atomic E-state index is 0.0149. The predicted molar refractivity (Wildman–Crippen MR) is 68.1 cm³/mol. The van der Waals surface area contributed by atoms with Crippen molar-refractivity contribution in [2.24, 2.45) is 5.92 Å². The first kappa shape index (κ1) is 13.9. The molecule has 2 unspecified atom stereocenters. The van der Waals surface area contributed by atoms with Gasteiger partial charge in [0.05, 0.1) is 10.6 Å². The molecule has 1 aromatic rings. The number of hydrogen-bond acceptors (Lipinski definition) is 1. The molecular formula is C12H15BrClFO. The Bertz CT molecular complexity index is 393. The van der Waals surface area contributed by atoms with Crippen molar-refractivity contribution >= 4 is 27.5 Å². The summed E-state index contributed by atoms with van der Waals surface area (Å²) in [6.45, 7) is 5.46. The first-order valence-corrected chi connectivity index (χ1v) is 6.35. The zero-order chi connectivity index (χ0) is 12.5. The lowest BCUT2D eigenvalue weighted by atomic mass is 9.82. The third-order valence-electron chi connectivity index (χ3n) is 3.15. The van der Waals surface area contributed by atoms with E-state index in [4.69, 9.17) is 11.6 Å². The third-order valence-corrected chi connectivity index (χ3v) is 4.41. The van der Waals surface area contributed by atoms with Crippen molar-refractivity contribution in [2.75, 3.05) is 0 Å². The topological polar surface area (TPSA) is 20.2 Å². The molecule has 1 N–H and O–H groups in total. The molecule has 1 nitrogen and oxygen atoms in total. The summed E-state index contributed by atoms with van der Waals surface area (Å²) >= 11 is 8.95. The van der Waals surface area contributed by atoms with Crippen LogP contribution >= 0.6 is 27.5 Å². The molecule has 1 aromatic carbocycles. The predicted octanol–water partition coefficient (Wildman–Crippen LogP) is 4.50. The van der Waals surface area contributed by atoms with E-state index in [1.54, 1.807) is 19.1 Å². The van der Waals surface area contributed by atoms with Crippen molar-refractivity contribution in [1.82, 2.24) is 0 Å². The molecule has 0 aromatic heterocycles. The third kappa shape index (κ3) is 2.41. The molecule has 0 bridgehead atoms. The summed E-state index contributed by atoms with van der Waals surface area (Å²) in [6.07, 6.45) is 0.764. The zero-order valence-electron chi connectivity index (χ0n) is 9.52. The van der Waals surface area contributed by atoms with Crippen molar-refractivity contribution < 1.29 is 9.50 Å². The number of benzene rings is 1. The van der Waals surface area contributed by atoms with Gasteiger partial charge in [0.25, 0.3) is 0 Å². The van der Waals surface area contributed by atoms with E-state index in [1.807, 2.05) is 13.8 Å². The minimum atomic E-state index is -1.21. The average Bonchev–Trinajstić information content (AvgIpc) is 2.24. The second-order valence-corrected chi connectivity index (χ2v) is 5.41. The highest BCUT2D eigenvalue weighted by molar-refractivity contribution is 9.10. The molecule has 90 valence electrons. The summed E-state index contributed by atoms with van der Waals surface area (Å²) < 4.78 is 14.4. The van der Waals surface area contributed by atoms with Crippen LogP contribution in [0, 0.1) is 11.7 Å². The molecule has 0 heterocycles. The molecule has 1 rings (SSSR count). The lowest BCUT2D eigenvalue weighted by Crippen LogP contribution is -2.30. The Morgan fingerprint density at radius 1 is 1.56 bits per heavy atom. The minimum Gasteiger partial charge on any atom is -0.385 e. The molecule has 16 heavy (non-hydrogen) atoms. The molecule has 2 atom stereocenters. The van der Waals surface area contributed by atoms with Crippen molar-refractivity contribution in [3.63, 3.8) is 0 Å². The molecule has 0 aliphatic rings. The summed E-state index contributed by atoms with van der Waals surface area (Å²) in [4.78, 5) is 0. The van der Waals surface area contributed by atoms with Crippen LogP contribution in [0.25, 0.3) is 0 Å². The standard InChI is InChI=1S/C12H15BrClFO/c1-4-7(2)12(3,16)8-5-6-9(13)10(14)11(8)15/h5-7,16H,4H2,1-3H3. The maximum Gasteiger partial charge on any atom is 0.149 e. The van der Waals surface area contributed by atoms with Crippen LogP contribution in [-0.4, -0.2) is 5.11 Å². The molecule has 0 spiro atoms. The molecule has 0 saturated carbocycles. The maximum atomic E-state index is 13.9. The second kappa shape index (κ2) is 5.03. The van der Waals surface area contributed by atoms with Crippen LogP contribution in [0.5, 0.6) is 0 Å². The molecule has 0 radical (unpaired) electrons. The van der Waals surface area contributed by atoms with E-state index < -0.39 is 11.4 Å². The first-order chi connectivity index (χ1) is 7.32. The molecule has 0 saturated heterocycles. The number of halogens is 3. The Morgan fingerprint density at radius 3 is 2.62 bits per heavy atom. The van der Waals surface area contributed by atoms with E-state index in [1.165, 1.54) is 0 Å². The van der Waals surface area contributed by atoms with Crippen molar-refractivity contribution in [2.45, 2.75) is 32.8 Å². The van der Waals surface area contributed by atoms with E-state index >= 15 is 0 Å². The summed E-state index contributed by atoms with van der Waals surface area (Å²) in [5.41, 5.74) is -0.960. The fourth-order valence-electron chi connectivity index (χ4n) is 1.58.